The molecule has 0 aromatic rings. The smallest absolute Gasteiger partial charge is 0.0619 e. The molecule has 44 valence electrons. The van der Waals surface area contributed by atoms with Gasteiger partial charge in [-0.15, -0.1) is 12.4 Å². The van der Waals surface area contributed by atoms with Gasteiger partial charge in [-0.3, -0.25) is 0 Å². The topological polar surface area (TPSA) is 20.2 Å². The van der Waals surface area contributed by atoms with E-state index in [1.54, 1.807) is 0 Å². The van der Waals surface area contributed by atoms with Crippen LogP contribution < -0.4 is 0 Å². The molecule has 1 aliphatic rings. The summed E-state index contributed by atoms with van der Waals surface area (Å²) in [4.78, 5) is 0. The van der Waals surface area contributed by atoms with Crippen molar-refractivity contribution in [2.45, 2.75) is 31.8 Å². The number of rotatable bonds is 0. The van der Waals surface area contributed by atoms with Crippen LogP contribution in [0.1, 0.15) is 26.2 Å². The van der Waals surface area contributed by atoms with Crippen molar-refractivity contribution in [1.82, 2.24) is 0 Å². The van der Waals surface area contributed by atoms with Gasteiger partial charge in [-0.1, -0.05) is 0 Å². The zero-order valence-electron chi connectivity index (χ0n) is 4.48. The van der Waals surface area contributed by atoms with Gasteiger partial charge in [0.15, 0.2) is 0 Å². The van der Waals surface area contributed by atoms with Crippen molar-refractivity contribution in [1.29, 1.82) is 0 Å². The summed E-state index contributed by atoms with van der Waals surface area (Å²) < 4.78 is 0. The highest BCUT2D eigenvalue weighted by molar-refractivity contribution is 5.85. The van der Waals surface area contributed by atoms with Crippen LogP contribution in [-0.2, 0) is 0 Å². The van der Waals surface area contributed by atoms with E-state index in [0.29, 0.717) is 0 Å². The van der Waals surface area contributed by atoms with Crippen LogP contribution in [-0.4, -0.2) is 10.7 Å². The predicted molar refractivity (Wildman–Crippen MR) is 31.7 cm³/mol. The molecule has 0 heterocycles. The molecule has 0 amide bonds. The maximum Gasteiger partial charge on any atom is 0.0619 e. The second kappa shape index (κ2) is 2.01. The molecule has 0 spiro atoms. The first-order valence-corrected chi connectivity index (χ1v) is 2.43. The van der Waals surface area contributed by atoms with E-state index in [-0.39, 0.29) is 18.0 Å². The Labute approximate surface area is 50.1 Å². The van der Waals surface area contributed by atoms with Crippen molar-refractivity contribution < 1.29 is 5.11 Å². The van der Waals surface area contributed by atoms with Crippen LogP contribution >= 0.6 is 12.4 Å². The number of aliphatic hydroxyl groups is 1. The van der Waals surface area contributed by atoms with Gasteiger partial charge in [0.25, 0.3) is 0 Å². The Hall–Kier alpha value is 0.250. The molecule has 0 bridgehead atoms. The van der Waals surface area contributed by atoms with Gasteiger partial charge in [0.2, 0.25) is 0 Å². The van der Waals surface area contributed by atoms with Crippen LogP contribution in [0.2, 0.25) is 0 Å². The standard InChI is InChI=1S/C5H10O.ClH/c1-5(6)3-2-4-5;/h6H,2-4H2,1H3;1H. The van der Waals surface area contributed by atoms with Gasteiger partial charge in [0.1, 0.15) is 0 Å². The molecule has 1 aliphatic carbocycles. The molecule has 0 aliphatic heterocycles. The van der Waals surface area contributed by atoms with Gasteiger partial charge in [-0.2, -0.15) is 0 Å². The minimum absolute atomic E-state index is 0. The Balaban J connectivity index is 0.000000360. The fourth-order valence-corrected chi connectivity index (χ4v) is 0.688. The van der Waals surface area contributed by atoms with Crippen LogP contribution in [0, 0.1) is 0 Å². The summed E-state index contributed by atoms with van der Waals surface area (Å²) in [7, 11) is 0. The van der Waals surface area contributed by atoms with Crippen LogP contribution in [0.4, 0.5) is 0 Å². The third-order valence-electron chi connectivity index (χ3n) is 1.43. The molecule has 0 saturated heterocycles. The highest BCUT2D eigenvalue weighted by atomic mass is 35.5. The largest absolute Gasteiger partial charge is 0.390 e. The molecule has 0 atom stereocenters. The van der Waals surface area contributed by atoms with Crippen molar-refractivity contribution in [2.24, 2.45) is 0 Å². The summed E-state index contributed by atoms with van der Waals surface area (Å²) in [5, 5.41) is 8.91. The quantitative estimate of drug-likeness (QED) is 0.514. The summed E-state index contributed by atoms with van der Waals surface area (Å²) >= 11 is 0. The van der Waals surface area contributed by atoms with Gasteiger partial charge in [-0.05, 0) is 26.2 Å². The minimum Gasteiger partial charge on any atom is -0.390 e. The molecule has 1 rings (SSSR count). The molecular formula is C5H11ClO. The van der Waals surface area contributed by atoms with Crippen molar-refractivity contribution in [3.63, 3.8) is 0 Å². The summed E-state index contributed by atoms with van der Waals surface area (Å²) in [6.07, 6.45) is 3.23. The summed E-state index contributed by atoms with van der Waals surface area (Å²) in [6, 6.07) is 0. The highest BCUT2D eigenvalue weighted by Gasteiger charge is 2.27. The van der Waals surface area contributed by atoms with Crippen LogP contribution in [0.3, 0.4) is 0 Å². The fraction of sp³-hybridized carbons (Fsp3) is 1.00. The molecule has 1 saturated carbocycles. The second-order valence-electron chi connectivity index (χ2n) is 2.35. The molecule has 0 aromatic carbocycles. The van der Waals surface area contributed by atoms with Crippen LogP contribution in [0.25, 0.3) is 0 Å². The van der Waals surface area contributed by atoms with Gasteiger partial charge < -0.3 is 5.11 Å². The first-order valence-electron chi connectivity index (χ1n) is 2.43. The highest BCUT2D eigenvalue weighted by Crippen LogP contribution is 2.29. The van der Waals surface area contributed by atoms with Gasteiger partial charge in [0, 0.05) is 0 Å². The Morgan fingerprint density at radius 1 is 1.43 bits per heavy atom. The van der Waals surface area contributed by atoms with E-state index in [2.05, 4.69) is 0 Å². The maximum absolute atomic E-state index is 8.91. The zero-order valence-corrected chi connectivity index (χ0v) is 5.29. The number of hydrogen-bond acceptors (Lipinski definition) is 1. The van der Waals surface area contributed by atoms with Gasteiger partial charge in [-0.25, -0.2) is 0 Å². The summed E-state index contributed by atoms with van der Waals surface area (Å²) in [5.41, 5.74) is -0.278. The van der Waals surface area contributed by atoms with E-state index >= 15 is 0 Å². The van der Waals surface area contributed by atoms with Crippen molar-refractivity contribution in [2.75, 3.05) is 0 Å². The monoisotopic (exact) mass is 122 g/mol. The normalized spacial score (nSPS) is 24.9. The van der Waals surface area contributed by atoms with Gasteiger partial charge in [0.05, 0.1) is 5.60 Å². The molecule has 1 N–H and O–H groups in total. The average Bonchev–Trinajstić information content (AvgIpc) is 1.32. The lowest BCUT2D eigenvalue weighted by molar-refractivity contribution is -0.0147. The lowest BCUT2D eigenvalue weighted by atomic mass is 9.82. The zero-order chi connectivity index (χ0) is 4.62. The molecule has 1 nitrogen and oxygen atoms in total. The first kappa shape index (κ1) is 7.25. The van der Waals surface area contributed by atoms with E-state index in [0.717, 1.165) is 12.8 Å². The Bertz CT molecular complexity index is 55.1. The molecule has 2 heteroatoms. The molecule has 0 unspecified atom stereocenters. The minimum atomic E-state index is -0.278. The number of hydrogen-bond donors (Lipinski definition) is 1. The third kappa shape index (κ3) is 1.66. The average molecular weight is 123 g/mol. The van der Waals surface area contributed by atoms with Crippen molar-refractivity contribution in [3.05, 3.63) is 0 Å². The molecular weight excluding hydrogens is 112 g/mol. The summed E-state index contributed by atoms with van der Waals surface area (Å²) in [5.74, 6) is 0. The lowest BCUT2D eigenvalue weighted by Crippen LogP contribution is -2.32. The number of halogens is 1. The van der Waals surface area contributed by atoms with Crippen molar-refractivity contribution in [3.8, 4) is 0 Å². The van der Waals surface area contributed by atoms with Crippen LogP contribution in [0.5, 0.6) is 0 Å². The summed E-state index contributed by atoms with van der Waals surface area (Å²) in [6.45, 7) is 1.89. The first-order chi connectivity index (χ1) is 2.71. The fourth-order valence-electron chi connectivity index (χ4n) is 0.688. The van der Waals surface area contributed by atoms with Crippen molar-refractivity contribution >= 4 is 12.4 Å². The molecule has 0 radical (unpaired) electrons. The Kier molecular flexibility index (Phi) is 2.09. The van der Waals surface area contributed by atoms with E-state index in [1.165, 1.54) is 6.42 Å². The second-order valence-corrected chi connectivity index (χ2v) is 2.35. The molecule has 0 aromatic heterocycles. The van der Waals surface area contributed by atoms with E-state index in [1.807, 2.05) is 6.92 Å². The predicted octanol–water partition coefficient (Wildman–Crippen LogP) is 1.34. The SMILES string of the molecule is CC1(O)CCC1.Cl. The van der Waals surface area contributed by atoms with E-state index in [4.69, 9.17) is 5.11 Å². The third-order valence-corrected chi connectivity index (χ3v) is 1.43. The lowest BCUT2D eigenvalue weighted by Gasteiger charge is -2.31. The van der Waals surface area contributed by atoms with Gasteiger partial charge >= 0.3 is 0 Å². The van der Waals surface area contributed by atoms with Crippen LogP contribution in [0.15, 0.2) is 0 Å². The Morgan fingerprint density at radius 2 is 1.71 bits per heavy atom. The molecule has 1 fully saturated rings. The maximum atomic E-state index is 8.91. The Morgan fingerprint density at radius 3 is 1.71 bits per heavy atom. The van der Waals surface area contributed by atoms with E-state index in [9.17, 15) is 0 Å². The van der Waals surface area contributed by atoms with E-state index < -0.39 is 0 Å². The molecule has 7 heavy (non-hydrogen) atoms.